The van der Waals surface area contributed by atoms with E-state index in [0.29, 0.717) is 19.4 Å². The lowest BCUT2D eigenvalue weighted by Crippen LogP contribution is -2.50. The molecule has 4 N–H and O–H groups in total. The number of hydrogen-bond acceptors (Lipinski definition) is 6. The van der Waals surface area contributed by atoms with E-state index in [1.807, 2.05) is 0 Å². The van der Waals surface area contributed by atoms with Crippen LogP contribution in [0.3, 0.4) is 0 Å². The minimum atomic E-state index is -1.17. The minimum absolute atomic E-state index is 0.171. The van der Waals surface area contributed by atoms with Gasteiger partial charge in [0.2, 0.25) is 5.91 Å². The molecule has 0 radical (unpaired) electrons. The highest BCUT2D eigenvalue weighted by Crippen LogP contribution is 2.18. The number of rotatable bonds is 47. The number of unbranched alkanes of at least 4 members (excludes halogenated alkanes) is 37. The summed E-state index contributed by atoms with van der Waals surface area (Å²) < 4.78 is 0. The van der Waals surface area contributed by atoms with E-state index < -0.39 is 18.2 Å². The van der Waals surface area contributed by atoms with Crippen molar-refractivity contribution in [1.82, 2.24) is 5.32 Å². The van der Waals surface area contributed by atoms with Gasteiger partial charge in [-0.1, -0.05) is 250 Å². The number of nitrogens with zero attached hydrogens (tertiary/aromatic N) is 1. The Hall–Kier alpha value is -1.05. The van der Waals surface area contributed by atoms with E-state index in [0.717, 1.165) is 44.9 Å². The van der Waals surface area contributed by atoms with Gasteiger partial charge in [0, 0.05) is 13.0 Å². The van der Waals surface area contributed by atoms with Crippen molar-refractivity contribution in [3.05, 3.63) is 4.91 Å². The van der Waals surface area contributed by atoms with Gasteiger partial charge in [0.25, 0.3) is 0 Å². The zero-order valence-corrected chi connectivity index (χ0v) is 36.7. The van der Waals surface area contributed by atoms with Gasteiger partial charge in [0.1, 0.15) is 12.6 Å². The number of carbonyl (C=O) groups is 1. The summed E-state index contributed by atoms with van der Waals surface area (Å²) in [6.07, 6.45) is 49.1. The summed E-state index contributed by atoms with van der Waals surface area (Å²) in [5.74, 6) is -0.171. The highest BCUT2D eigenvalue weighted by atomic mass is 16.3. The fourth-order valence-corrected chi connectivity index (χ4v) is 8.05. The third kappa shape index (κ3) is 40.9. The van der Waals surface area contributed by atoms with Crippen LogP contribution in [0.2, 0.25) is 0 Å². The summed E-state index contributed by atoms with van der Waals surface area (Å²) in [5.41, 5.74) is 0. The molecule has 7 nitrogen and oxygen atoms in total. The van der Waals surface area contributed by atoms with Gasteiger partial charge in [-0.3, -0.25) is 4.79 Å². The van der Waals surface area contributed by atoms with Crippen molar-refractivity contribution in [3.63, 3.8) is 0 Å². The Morgan fingerprint density at radius 1 is 0.455 bits per heavy atom. The van der Waals surface area contributed by atoms with Crippen molar-refractivity contribution in [2.45, 2.75) is 288 Å². The van der Waals surface area contributed by atoms with Crippen LogP contribution in [0.15, 0.2) is 5.18 Å². The smallest absolute Gasteiger partial charge is 0.220 e. The molecule has 3 atom stereocenters. The summed E-state index contributed by atoms with van der Waals surface area (Å²) >= 11 is 0. The van der Waals surface area contributed by atoms with Crippen molar-refractivity contribution >= 4 is 5.91 Å². The standard InChI is InChI=1S/C48H96N2O5/c1-2-3-4-5-6-7-8-26-29-32-35-38-41-46(52)48(54)45(44-49-55)50-47(53)42-39-36-33-30-27-24-22-20-18-16-14-12-10-9-11-13-15-17-19-21-23-25-28-31-34-37-40-43-51/h45-46,48,51-52,54H,2-44H2,1H3,(H,50,53). The summed E-state index contributed by atoms with van der Waals surface area (Å²) in [6.45, 7) is 2.38. The van der Waals surface area contributed by atoms with Gasteiger partial charge >= 0.3 is 0 Å². The lowest BCUT2D eigenvalue weighted by atomic mass is 9.98. The molecule has 0 aliphatic heterocycles. The zero-order chi connectivity index (χ0) is 40.1. The lowest BCUT2D eigenvalue weighted by Gasteiger charge is -2.26. The van der Waals surface area contributed by atoms with Crippen molar-refractivity contribution in [2.75, 3.05) is 13.2 Å². The van der Waals surface area contributed by atoms with Crippen LogP contribution in [0.4, 0.5) is 0 Å². The van der Waals surface area contributed by atoms with E-state index in [2.05, 4.69) is 17.4 Å². The molecule has 0 aromatic heterocycles. The van der Waals surface area contributed by atoms with Crippen molar-refractivity contribution in [2.24, 2.45) is 5.18 Å². The number of nitrogens with one attached hydrogen (secondary N) is 1. The maximum atomic E-state index is 12.5. The van der Waals surface area contributed by atoms with Gasteiger partial charge in [-0.15, -0.1) is 0 Å². The molecule has 0 aromatic carbocycles. The van der Waals surface area contributed by atoms with Gasteiger partial charge in [-0.2, -0.15) is 4.91 Å². The first kappa shape index (κ1) is 53.9. The topological polar surface area (TPSA) is 119 Å². The quantitative estimate of drug-likeness (QED) is 0.0362. The Labute approximate surface area is 342 Å². The van der Waals surface area contributed by atoms with Crippen molar-refractivity contribution in [1.29, 1.82) is 0 Å². The molecule has 0 fully saturated rings. The van der Waals surface area contributed by atoms with Crippen molar-refractivity contribution < 1.29 is 20.1 Å². The number of nitroso groups, excluding NO2 is 1. The van der Waals surface area contributed by atoms with E-state index >= 15 is 0 Å². The lowest BCUT2D eigenvalue weighted by molar-refractivity contribution is -0.123. The number of carbonyl (C=O) groups excluding carboxylic acids is 1. The van der Waals surface area contributed by atoms with E-state index in [1.165, 1.54) is 205 Å². The second kappa shape index (κ2) is 45.6. The van der Waals surface area contributed by atoms with Crippen molar-refractivity contribution in [3.8, 4) is 0 Å². The highest BCUT2D eigenvalue weighted by Gasteiger charge is 2.27. The summed E-state index contributed by atoms with van der Waals surface area (Å²) in [7, 11) is 0. The number of amides is 1. The molecule has 0 saturated carbocycles. The maximum Gasteiger partial charge on any atom is 0.220 e. The number of aliphatic hydroxyl groups is 3. The Bertz CT molecular complexity index is 769. The fourth-order valence-electron chi connectivity index (χ4n) is 8.05. The average molecular weight is 781 g/mol. The molecule has 1 amide bonds. The van der Waals surface area contributed by atoms with Crippen LogP contribution in [0.25, 0.3) is 0 Å². The predicted molar refractivity (Wildman–Crippen MR) is 237 cm³/mol. The normalized spacial score (nSPS) is 13.2. The minimum Gasteiger partial charge on any atom is -0.396 e. The number of hydrogen-bond donors (Lipinski definition) is 4. The van der Waals surface area contributed by atoms with Crippen LogP contribution >= 0.6 is 0 Å². The molecule has 0 aliphatic rings. The molecule has 7 heteroatoms. The third-order valence-electron chi connectivity index (χ3n) is 11.8. The largest absolute Gasteiger partial charge is 0.396 e. The maximum absolute atomic E-state index is 12.5. The van der Waals surface area contributed by atoms with Crippen LogP contribution in [-0.2, 0) is 4.79 Å². The first-order valence-electron chi connectivity index (χ1n) is 24.6. The molecule has 0 aliphatic carbocycles. The van der Waals surface area contributed by atoms with E-state index in [9.17, 15) is 19.9 Å². The Kier molecular flexibility index (Phi) is 44.8. The monoisotopic (exact) mass is 781 g/mol. The Morgan fingerprint density at radius 3 is 1.05 bits per heavy atom. The predicted octanol–water partition coefficient (Wildman–Crippen LogP) is 14.0. The van der Waals surface area contributed by atoms with Gasteiger partial charge < -0.3 is 20.6 Å². The molecule has 0 saturated heterocycles. The van der Waals surface area contributed by atoms with Gasteiger partial charge in [-0.25, -0.2) is 0 Å². The highest BCUT2D eigenvalue weighted by molar-refractivity contribution is 5.76. The second-order valence-electron chi connectivity index (χ2n) is 17.2. The first-order chi connectivity index (χ1) is 27.1. The molecule has 328 valence electrons. The Morgan fingerprint density at radius 2 is 0.745 bits per heavy atom. The fraction of sp³-hybridized carbons (Fsp3) is 0.979. The molecule has 0 spiro atoms. The van der Waals surface area contributed by atoms with E-state index in [1.54, 1.807) is 0 Å². The SMILES string of the molecule is CCCCCCCCCCCCCCC(O)C(O)C(CN=O)NC(=O)CCCCCCCCCCCCCCCCCCCCCCCCCCCCCO. The average Bonchev–Trinajstić information content (AvgIpc) is 3.18. The Balaban J connectivity index is 3.54. The summed E-state index contributed by atoms with van der Waals surface area (Å²) in [6, 6.07) is -0.827. The van der Waals surface area contributed by atoms with Crippen LogP contribution in [0, 0.1) is 4.91 Å². The third-order valence-corrected chi connectivity index (χ3v) is 11.8. The molecule has 0 heterocycles. The molecule has 3 unspecified atom stereocenters. The zero-order valence-electron chi connectivity index (χ0n) is 36.7. The van der Waals surface area contributed by atoms with Crippen LogP contribution < -0.4 is 5.32 Å². The molecule has 0 aromatic rings. The van der Waals surface area contributed by atoms with E-state index in [-0.39, 0.29) is 12.5 Å². The molecular weight excluding hydrogens is 685 g/mol. The summed E-state index contributed by atoms with van der Waals surface area (Å²) in [5, 5.41) is 35.7. The van der Waals surface area contributed by atoms with Crippen LogP contribution in [-0.4, -0.2) is 52.6 Å². The van der Waals surface area contributed by atoms with Crippen LogP contribution in [0.1, 0.15) is 270 Å². The second-order valence-corrected chi connectivity index (χ2v) is 17.2. The van der Waals surface area contributed by atoms with Gasteiger partial charge in [0.15, 0.2) is 0 Å². The van der Waals surface area contributed by atoms with Gasteiger partial charge in [-0.05, 0) is 19.3 Å². The summed E-state index contributed by atoms with van der Waals surface area (Å²) in [4.78, 5) is 23.5. The molecule has 55 heavy (non-hydrogen) atoms. The number of aliphatic hydroxyl groups excluding tert-OH is 3. The van der Waals surface area contributed by atoms with E-state index in [4.69, 9.17) is 5.11 Å². The van der Waals surface area contributed by atoms with Crippen LogP contribution in [0.5, 0.6) is 0 Å². The molecular formula is C48H96N2O5. The molecule has 0 bridgehead atoms. The van der Waals surface area contributed by atoms with Gasteiger partial charge in [0.05, 0.1) is 12.1 Å². The molecule has 0 rings (SSSR count). The first-order valence-corrected chi connectivity index (χ1v) is 24.6.